The van der Waals surface area contributed by atoms with E-state index in [1.54, 1.807) is 24.3 Å². The molecule has 0 radical (unpaired) electrons. The maximum atomic E-state index is 11.9. The summed E-state index contributed by atoms with van der Waals surface area (Å²) in [7, 11) is 0. The molecule has 1 aliphatic rings. The van der Waals surface area contributed by atoms with Crippen LogP contribution in [0, 0.1) is 0 Å². The molecule has 0 aliphatic carbocycles. The van der Waals surface area contributed by atoms with Gasteiger partial charge in [0.25, 0.3) is 0 Å². The van der Waals surface area contributed by atoms with Gasteiger partial charge in [0.15, 0.2) is 0 Å². The molecule has 1 aromatic carbocycles. The molecular formula is C15H17ClN2O3. The Bertz CT molecular complexity index is 693. The molecule has 2 heterocycles. The Labute approximate surface area is 128 Å². The van der Waals surface area contributed by atoms with E-state index in [0.29, 0.717) is 17.7 Å². The minimum atomic E-state index is -0.374. The number of rotatable bonds is 3. The largest absolute Gasteiger partial charge is 0.423 e. The monoisotopic (exact) mass is 308 g/mol. The highest BCUT2D eigenvalue weighted by Crippen LogP contribution is 2.18. The minimum absolute atomic E-state index is 0. The zero-order valence-electron chi connectivity index (χ0n) is 11.4. The Morgan fingerprint density at radius 1 is 1.33 bits per heavy atom. The van der Waals surface area contributed by atoms with Crippen LogP contribution in [0.15, 0.2) is 39.5 Å². The Kier molecular flexibility index (Phi) is 4.98. The molecule has 112 valence electrons. The van der Waals surface area contributed by atoms with E-state index in [9.17, 15) is 9.59 Å². The predicted octanol–water partition coefficient (Wildman–Crippen LogP) is 2.30. The minimum Gasteiger partial charge on any atom is -0.423 e. The molecule has 1 unspecified atom stereocenters. The van der Waals surface area contributed by atoms with E-state index >= 15 is 0 Å². The molecule has 1 fully saturated rings. The number of hydrogen-bond donors (Lipinski definition) is 2. The van der Waals surface area contributed by atoms with Gasteiger partial charge in [-0.1, -0.05) is 0 Å². The van der Waals surface area contributed by atoms with Crippen molar-refractivity contribution in [1.82, 2.24) is 5.32 Å². The van der Waals surface area contributed by atoms with Crippen LogP contribution < -0.4 is 16.3 Å². The SMILES string of the molecule is Cl.O=C(CC1CCCN1)Nc1ccc2oc(=O)ccc2c1. The third kappa shape index (κ3) is 3.83. The highest BCUT2D eigenvalue weighted by molar-refractivity contribution is 5.93. The van der Waals surface area contributed by atoms with Crippen molar-refractivity contribution in [2.45, 2.75) is 25.3 Å². The van der Waals surface area contributed by atoms with Crippen molar-refractivity contribution < 1.29 is 9.21 Å². The van der Waals surface area contributed by atoms with Gasteiger partial charge in [-0.3, -0.25) is 4.79 Å². The highest BCUT2D eigenvalue weighted by atomic mass is 35.5. The maximum absolute atomic E-state index is 11.9. The molecule has 0 bridgehead atoms. The van der Waals surface area contributed by atoms with Crippen LogP contribution in [0.4, 0.5) is 5.69 Å². The summed E-state index contributed by atoms with van der Waals surface area (Å²) in [5.74, 6) is 0.00105. The summed E-state index contributed by atoms with van der Waals surface area (Å²) in [5, 5.41) is 6.97. The quantitative estimate of drug-likeness (QED) is 0.854. The smallest absolute Gasteiger partial charge is 0.336 e. The molecule has 1 atom stereocenters. The molecule has 5 nitrogen and oxygen atoms in total. The van der Waals surface area contributed by atoms with Gasteiger partial charge in [0.05, 0.1) is 0 Å². The fourth-order valence-corrected chi connectivity index (χ4v) is 2.52. The third-order valence-electron chi connectivity index (χ3n) is 3.50. The zero-order chi connectivity index (χ0) is 13.9. The average Bonchev–Trinajstić information content (AvgIpc) is 2.91. The highest BCUT2D eigenvalue weighted by Gasteiger charge is 2.17. The summed E-state index contributed by atoms with van der Waals surface area (Å²) >= 11 is 0. The van der Waals surface area contributed by atoms with Gasteiger partial charge in [0.2, 0.25) is 5.91 Å². The number of carbonyl (C=O) groups is 1. The van der Waals surface area contributed by atoms with Crippen LogP contribution in [-0.4, -0.2) is 18.5 Å². The van der Waals surface area contributed by atoms with Gasteiger partial charge < -0.3 is 15.1 Å². The van der Waals surface area contributed by atoms with Gasteiger partial charge in [-0.15, -0.1) is 12.4 Å². The lowest BCUT2D eigenvalue weighted by molar-refractivity contribution is -0.116. The fraction of sp³-hybridized carbons (Fsp3) is 0.333. The van der Waals surface area contributed by atoms with E-state index in [1.807, 2.05) is 0 Å². The molecule has 1 amide bonds. The lowest BCUT2D eigenvalue weighted by Crippen LogP contribution is -2.27. The second kappa shape index (κ2) is 6.74. The van der Waals surface area contributed by atoms with Crippen LogP contribution in [0.25, 0.3) is 11.0 Å². The summed E-state index contributed by atoms with van der Waals surface area (Å²) in [5.41, 5.74) is 0.865. The number of benzene rings is 1. The second-order valence-corrected chi connectivity index (χ2v) is 5.05. The Morgan fingerprint density at radius 3 is 2.95 bits per heavy atom. The average molecular weight is 309 g/mol. The third-order valence-corrected chi connectivity index (χ3v) is 3.50. The fourth-order valence-electron chi connectivity index (χ4n) is 2.52. The number of carbonyl (C=O) groups excluding carboxylic acids is 1. The van der Waals surface area contributed by atoms with Gasteiger partial charge in [-0.25, -0.2) is 4.79 Å². The van der Waals surface area contributed by atoms with E-state index in [1.165, 1.54) is 6.07 Å². The van der Waals surface area contributed by atoms with E-state index in [4.69, 9.17) is 4.42 Å². The number of hydrogen-bond acceptors (Lipinski definition) is 4. The first-order valence-corrected chi connectivity index (χ1v) is 6.78. The number of fused-ring (bicyclic) bond motifs is 1. The molecule has 6 heteroatoms. The summed E-state index contributed by atoms with van der Waals surface area (Å²) < 4.78 is 5.05. The Hall–Kier alpha value is -1.85. The number of nitrogens with one attached hydrogen (secondary N) is 2. The van der Waals surface area contributed by atoms with E-state index in [-0.39, 0.29) is 30.0 Å². The number of anilines is 1. The molecule has 1 aromatic heterocycles. The van der Waals surface area contributed by atoms with Gasteiger partial charge in [0, 0.05) is 29.6 Å². The first-order chi connectivity index (χ1) is 9.70. The summed E-state index contributed by atoms with van der Waals surface area (Å²) in [6, 6.07) is 8.59. The lowest BCUT2D eigenvalue weighted by Gasteiger charge is -2.10. The number of halogens is 1. The number of amides is 1. The standard InChI is InChI=1S/C15H16N2O3.ClH/c18-14(9-11-2-1-7-16-11)17-12-4-5-13-10(8-12)3-6-15(19)20-13;/h3-6,8,11,16H,1-2,7,9H2,(H,17,18);1H. The molecule has 2 aromatic rings. The molecule has 3 rings (SSSR count). The normalized spacial score (nSPS) is 17.4. The van der Waals surface area contributed by atoms with Crippen LogP contribution in [0.3, 0.4) is 0 Å². The van der Waals surface area contributed by atoms with Gasteiger partial charge in [-0.2, -0.15) is 0 Å². The first-order valence-electron chi connectivity index (χ1n) is 6.78. The molecule has 21 heavy (non-hydrogen) atoms. The maximum Gasteiger partial charge on any atom is 0.336 e. The van der Waals surface area contributed by atoms with Crippen molar-refractivity contribution in [3.8, 4) is 0 Å². The van der Waals surface area contributed by atoms with E-state index < -0.39 is 0 Å². The summed E-state index contributed by atoms with van der Waals surface area (Å²) in [6.45, 7) is 0.993. The second-order valence-electron chi connectivity index (χ2n) is 5.05. The van der Waals surface area contributed by atoms with Crippen LogP contribution in [-0.2, 0) is 4.79 Å². The van der Waals surface area contributed by atoms with Crippen LogP contribution in [0.1, 0.15) is 19.3 Å². The van der Waals surface area contributed by atoms with Crippen molar-refractivity contribution >= 4 is 35.0 Å². The summed E-state index contributed by atoms with van der Waals surface area (Å²) in [6.07, 6.45) is 2.67. The molecular weight excluding hydrogens is 292 g/mol. The van der Waals surface area contributed by atoms with Gasteiger partial charge in [-0.05, 0) is 43.7 Å². The topological polar surface area (TPSA) is 71.3 Å². The molecule has 1 saturated heterocycles. The zero-order valence-corrected chi connectivity index (χ0v) is 12.2. The van der Waals surface area contributed by atoms with E-state index in [2.05, 4.69) is 10.6 Å². The van der Waals surface area contributed by atoms with Crippen molar-refractivity contribution in [3.63, 3.8) is 0 Å². The van der Waals surface area contributed by atoms with Crippen LogP contribution in [0.5, 0.6) is 0 Å². The van der Waals surface area contributed by atoms with E-state index in [0.717, 1.165) is 24.8 Å². The van der Waals surface area contributed by atoms with Gasteiger partial charge in [0.1, 0.15) is 5.58 Å². The molecule has 0 saturated carbocycles. The predicted molar refractivity (Wildman–Crippen MR) is 84.0 cm³/mol. The van der Waals surface area contributed by atoms with Crippen LogP contribution >= 0.6 is 12.4 Å². The van der Waals surface area contributed by atoms with Crippen molar-refractivity contribution in [1.29, 1.82) is 0 Å². The Morgan fingerprint density at radius 2 is 2.19 bits per heavy atom. The first kappa shape index (κ1) is 15.5. The van der Waals surface area contributed by atoms with Crippen molar-refractivity contribution in [3.05, 3.63) is 40.8 Å². The summed E-state index contributed by atoms with van der Waals surface area (Å²) in [4.78, 5) is 23.0. The molecule has 2 N–H and O–H groups in total. The molecule has 0 spiro atoms. The van der Waals surface area contributed by atoms with Crippen LogP contribution in [0.2, 0.25) is 0 Å². The van der Waals surface area contributed by atoms with Gasteiger partial charge >= 0.3 is 5.63 Å². The Balaban J connectivity index is 0.00000161. The lowest BCUT2D eigenvalue weighted by atomic mass is 10.1. The molecule has 1 aliphatic heterocycles. The van der Waals surface area contributed by atoms with Crippen molar-refractivity contribution in [2.24, 2.45) is 0 Å². The van der Waals surface area contributed by atoms with Crippen molar-refractivity contribution in [2.75, 3.05) is 11.9 Å².